The first-order chi connectivity index (χ1) is 11.7. The second-order valence-corrected chi connectivity index (χ2v) is 5.39. The monoisotopic (exact) mass is 462 g/mol. The van der Waals surface area contributed by atoms with Crippen LogP contribution in [0.15, 0.2) is 29.3 Å². The fourth-order valence-corrected chi connectivity index (χ4v) is 2.08. The van der Waals surface area contributed by atoms with Gasteiger partial charge in [0.1, 0.15) is 5.75 Å². The van der Waals surface area contributed by atoms with Crippen LogP contribution in [0.3, 0.4) is 0 Å². The molecule has 7 heteroatoms. The molecule has 0 bridgehead atoms. The normalized spacial score (nSPS) is 10.6. The van der Waals surface area contributed by atoms with E-state index in [4.69, 9.17) is 4.74 Å². The summed E-state index contributed by atoms with van der Waals surface area (Å²) >= 11 is 0. The molecule has 0 atom stereocenters. The summed E-state index contributed by atoms with van der Waals surface area (Å²) in [6, 6.07) is 8.04. The molecule has 1 amide bonds. The Balaban J connectivity index is 0.00000576. The Morgan fingerprint density at radius 3 is 2.40 bits per heavy atom. The van der Waals surface area contributed by atoms with Crippen LogP contribution in [-0.4, -0.2) is 45.2 Å². The van der Waals surface area contributed by atoms with Crippen LogP contribution < -0.4 is 20.7 Å². The van der Waals surface area contributed by atoms with Crippen molar-refractivity contribution in [2.75, 3.05) is 33.3 Å². The predicted molar refractivity (Wildman–Crippen MR) is 114 cm³/mol. The molecular weight excluding hydrogens is 431 g/mol. The Hall–Kier alpha value is -1.51. The molecule has 25 heavy (non-hydrogen) atoms. The Bertz CT molecular complexity index is 506. The summed E-state index contributed by atoms with van der Waals surface area (Å²) in [5.41, 5.74) is 1.23. The number of ether oxygens (including phenoxy) is 1. The molecule has 1 aromatic carbocycles. The zero-order valence-electron chi connectivity index (χ0n) is 15.4. The Morgan fingerprint density at radius 2 is 1.80 bits per heavy atom. The van der Waals surface area contributed by atoms with Crippen LogP contribution >= 0.6 is 24.0 Å². The highest BCUT2D eigenvalue weighted by atomic mass is 127. The van der Waals surface area contributed by atoms with E-state index in [2.05, 4.69) is 33.1 Å². The van der Waals surface area contributed by atoms with Crippen molar-refractivity contribution in [1.29, 1.82) is 0 Å². The first-order valence-electron chi connectivity index (χ1n) is 8.61. The maximum atomic E-state index is 11.6. The predicted octanol–water partition coefficient (Wildman–Crippen LogP) is 2.33. The average Bonchev–Trinajstić information content (AvgIpc) is 2.60. The van der Waals surface area contributed by atoms with Crippen LogP contribution in [0.5, 0.6) is 5.75 Å². The zero-order chi connectivity index (χ0) is 17.6. The van der Waals surface area contributed by atoms with Crippen LogP contribution in [0.1, 0.15) is 32.3 Å². The lowest BCUT2D eigenvalue weighted by molar-refractivity contribution is -0.120. The number of carbonyl (C=O) groups excluding carboxylic acids is 1. The fourth-order valence-electron chi connectivity index (χ4n) is 2.08. The molecular formula is C18H31IN4O2. The van der Waals surface area contributed by atoms with Gasteiger partial charge in [-0.1, -0.05) is 19.1 Å². The maximum Gasteiger partial charge on any atom is 0.221 e. The quantitative estimate of drug-likeness (QED) is 0.284. The van der Waals surface area contributed by atoms with E-state index in [-0.39, 0.29) is 29.9 Å². The molecule has 0 fully saturated rings. The van der Waals surface area contributed by atoms with Crippen LogP contribution in [0.2, 0.25) is 0 Å². The Kier molecular flexibility index (Phi) is 13.9. The minimum Gasteiger partial charge on any atom is -0.497 e. The number of rotatable bonds is 10. The second-order valence-electron chi connectivity index (χ2n) is 5.39. The number of nitrogens with zero attached hydrogens (tertiary/aromatic N) is 1. The van der Waals surface area contributed by atoms with Crippen LogP contribution in [0.25, 0.3) is 0 Å². The highest BCUT2D eigenvalue weighted by molar-refractivity contribution is 14.0. The zero-order valence-corrected chi connectivity index (χ0v) is 17.8. The van der Waals surface area contributed by atoms with E-state index >= 15 is 0 Å². The number of guanidine groups is 1. The molecule has 0 radical (unpaired) electrons. The summed E-state index contributed by atoms with van der Waals surface area (Å²) in [5, 5.41) is 9.33. The highest BCUT2D eigenvalue weighted by Gasteiger charge is 2.01. The lowest BCUT2D eigenvalue weighted by Gasteiger charge is -2.11. The third-order valence-electron chi connectivity index (χ3n) is 3.39. The van der Waals surface area contributed by atoms with Crippen molar-refractivity contribution >= 4 is 35.8 Å². The number of benzene rings is 1. The van der Waals surface area contributed by atoms with Crippen LogP contribution in [-0.2, 0) is 11.2 Å². The minimum atomic E-state index is 0. The van der Waals surface area contributed by atoms with Gasteiger partial charge in [-0.2, -0.15) is 0 Å². The third kappa shape index (κ3) is 10.9. The van der Waals surface area contributed by atoms with E-state index in [1.54, 1.807) is 7.11 Å². The molecule has 0 aliphatic heterocycles. The van der Waals surface area contributed by atoms with E-state index in [1.165, 1.54) is 5.56 Å². The number of halogens is 1. The molecule has 1 rings (SSSR count). The number of amides is 1. The van der Waals surface area contributed by atoms with E-state index in [1.807, 2.05) is 26.0 Å². The van der Waals surface area contributed by atoms with Gasteiger partial charge in [-0.05, 0) is 37.5 Å². The molecule has 0 aliphatic rings. The van der Waals surface area contributed by atoms with Crippen molar-refractivity contribution in [3.8, 4) is 5.75 Å². The molecule has 0 aliphatic carbocycles. The number of nitrogens with one attached hydrogen (secondary N) is 3. The fraction of sp³-hybridized carbons (Fsp3) is 0.556. The molecule has 0 unspecified atom stereocenters. The first kappa shape index (κ1) is 23.5. The molecule has 1 aromatic rings. The summed E-state index contributed by atoms with van der Waals surface area (Å²) in [5.74, 6) is 1.66. The van der Waals surface area contributed by atoms with Crippen molar-refractivity contribution in [2.24, 2.45) is 4.99 Å². The SMILES string of the molecule is CCCNC(=O)CCN=C(NCC)NCCc1ccc(OC)cc1.I. The third-order valence-corrected chi connectivity index (χ3v) is 3.39. The molecule has 0 saturated carbocycles. The molecule has 142 valence electrons. The Labute approximate surface area is 168 Å². The van der Waals surface area contributed by atoms with Gasteiger partial charge < -0.3 is 20.7 Å². The summed E-state index contributed by atoms with van der Waals surface area (Å²) in [6.45, 7) is 6.83. The highest BCUT2D eigenvalue weighted by Crippen LogP contribution is 2.11. The van der Waals surface area contributed by atoms with Gasteiger partial charge in [-0.25, -0.2) is 0 Å². The summed E-state index contributed by atoms with van der Waals surface area (Å²) in [6.07, 6.45) is 2.25. The summed E-state index contributed by atoms with van der Waals surface area (Å²) in [7, 11) is 1.66. The summed E-state index contributed by atoms with van der Waals surface area (Å²) < 4.78 is 5.15. The van der Waals surface area contributed by atoms with E-state index < -0.39 is 0 Å². The molecule has 6 nitrogen and oxygen atoms in total. The van der Waals surface area contributed by atoms with Crippen molar-refractivity contribution in [3.63, 3.8) is 0 Å². The largest absolute Gasteiger partial charge is 0.497 e. The number of aliphatic imine (C=N–C) groups is 1. The molecule has 0 aromatic heterocycles. The topological polar surface area (TPSA) is 74.8 Å². The van der Waals surface area contributed by atoms with Crippen molar-refractivity contribution in [2.45, 2.75) is 33.1 Å². The number of carbonyl (C=O) groups is 1. The smallest absolute Gasteiger partial charge is 0.221 e. The van der Waals surface area contributed by atoms with E-state index in [9.17, 15) is 4.79 Å². The van der Waals surface area contributed by atoms with Gasteiger partial charge in [-0.3, -0.25) is 9.79 Å². The van der Waals surface area contributed by atoms with E-state index in [0.717, 1.165) is 44.2 Å². The van der Waals surface area contributed by atoms with Crippen LogP contribution in [0.4, 0.5) is 0 Å². The number of hydrogen-bond acceptors (Lipinski definition) is 3. The van der Waals surface area contributed by atoms with Crippen molar-refractivity contribution in [1.82, 2.24) is 16.0 Å². The molecule has 0 saturated heterocycles. The first-order valence-corrected chi connectivity index (χ1v) is 8.61. The minimum absolute atomic E-state index is 0. The molecule has 3 N–H and O–H groups in total. The van der Waals surface area contributed by atoms with E-state index in [0.29, 0.717) is 13.0 Å². The van der Waals surface area contributed by atoms with Crippen LogP contribution in [0, 0.1) is 0 Å². The lowest BCUT2D eigenvalue weighted by atomic mass is 10.1. The standard InChI is InChI=1S/C18H30N4O2.HI/c1-4-12-20-17(23)11-14-22-18(19-5-2)21-13-10-15-6-8-16(24-3)9-7-15;/h6-9H,4-5,10-14H2,1-3H3,(H,20,23)(H2,19,21,22);1H. The molecule has 0 spiro atoms. The van der Waals surface area contributed by atoms with Gasteiger partial charge in [0, 0.05) is 26.1 Å². The van der Waals surface area contributed by atoms with Gasteiger partial charge in [0.25, 0.3) is 0 Å². The Morgan fingerprint density at radius 1 is 1.08 bits per heavy atom. The number of methoxy groups -OCH3 is 1. The lowest BCUT2D eigenvalue weighted by Crippen LogP contribution is -2.38. The van der Waals surface area contributed by atoms with Crippen molar-refractivity contribution in [3.05, 3.63) is 29.8 Å². The van der Waals surface area contributed by atoms with Gasteiger partial charge in [0.15, 0.2) is 5.96 Å². The summed E-state index contributed by atoms with van der Waals surface area (Å²) in [4.78, 5) is 16.0. The second kappa shape index (κ2) is 14.8. The van der Waals surface area contributed by atoms with Crippen molar-refractivity contribution < 1.29 is 9.53 Å². The number of hydrogen-bond donors (Lipinski definition) is 3. The van der Waals surface area contributed by atoms with Gasteiger partial charge in [-0.15, -0.1) is 24.0 Å². The van der Waals surface area contributed by atoms with Gasteiger partial charge in [0.05, 0.1) is 13.7 Å². The maximum absolute atomic E-state index is 11.6. The van der Waals surface area contributed by atoms with Gasteiger partial charge in [0.2, 0.25) is 5.91 Å². The van der Waals surface area contributed by atoms with Gasteiger partial charge >= 0.3 is 0 Å². The average molecular weight is 462 g/mol. The molecule has 0 heterocycles.